The number of pyridine rings is 2. The molecule has 3 rings (SSSR count). The summed E-state index contributed by atoms with van der Waals surface area (Å²) in [6.07, 6.45) is 1.50. The van der Waals surface area contributed by atoms with Crippen LogP contribution < -0.4 is 4.74 Å². The van der Waals surface area contributed by atoms with E-state index in [1.165, 1.54) is 6.20 Å². The summed E-state index contributed by atoms with van der Waals surface area (Å²) < 4.78 is 5.79. The van der Waals surface area contributed by atoms with E-state index in [0.29, 0.717) is 14.7 Å². The van der Waals surface area contributed by atoms with Gasteiger partial charge in [-0.2, -0.15) is 0 Å². The van der Waals surface area contributed by atoms with Crippen LogP contribution in [0.3, 0.4) is 0 Å². The van der Waals surface area contributed by atoms with E-state index in [4.69, 9.17) is 4.74 Å². The number of nitrogens with zero attached hydrogens (tertiary/aromatic N) is 2. The summed E-state index contributed by atoms with van der Waals surface area (Å²) in [4.78, 5) is 31.9. The number of benzene rings is 1. The molecule has 0 fully saturated rings. The third-order valence-corrected chi connectivity index (χ3v) is 3.90. The number of fused-ring (bicyclic) bond motifs is 1. The molecule has 0 aliphatic carbocycles. The number of carboxylic acid groups (broad SMARTS) is 1. The third kappa shape index (κ3) is 3.00. The van der Waals surface area contributed by atoms with Gasteiger partial charge in [-0.05, 0) is 46.9 Å². The Morgan fingerprint density at radius 3 is 2.52 bits per heavy atom. The second-order valence-corrected chi connectivity index (χ2v) is 5.56. The van der Waals surface area contributed by atoms with Crippen LogP contribution in [0.5, 0.6) is 5.75 Å². The molecule has 23 heavy (non-hydrogen) atoms. The minimum absolute atomic E-state index is 0.151. The van der Waals surface area contributed by atoms with Crippen molar-refractivity contribution in [2.45, 2.75) is 0 Å². The fourth-order valence-corrected chi connectivity index (χ4v) is 2.72. The average molecular weight is 420 g/mol. The lowest BCUT2D eigenvalue weighted by atomic mass is 10.2. The molecule has 0 saturated carbocycles. The van der Waals surface area contributed by atoms with Gasteiger partial charge in [0.25, 0.3) is 0 Å². The van der Waals surface area contributed by atoms with E-state index in [0.717, 1.165) is 0 Å². The van der Waals surface area contributed by atoms with E-state index in [-0.39, 0.29) is 17.0 Å². The van der Waals surface area contributed by atoms with E-state index in [9.17, 15) is 14.7 Å². The molecule has 0 amide bonds. The zero-order valence-electron chi connectivity index (χ0n) is 11.6. The maximum absolute atomic E-state index is 12.2. The van der Waals surface area contributed by atoms with Gasteiger partial charge in [0, 0.05) is 11.6 Å². The van der Waals surface area contributed by atoms with Crippen LogP contribution in [0.2, 0.25) is 0 Å². The predicted octanol–water partition coefficient (Wildman–Crippen LogP) is 3.15. The SMILES string of the molecule is O=C(Oc1c(C(=O)O)nc(I)c2cccnc12)c1ccccc1. The number of esters is 1. The van der Waals surface area contributed by atoms with Crippen molar-refractivity contribution in [3.05, 3.63) is 63.6 Å². The molecule has 0 spiro atoms. The van der Waals surface area contributed by atoms with E-state index in [2.05, 4.69) is 9.97 Å². The molecule has 0 bridgehead atoms. The molecule has 2 aromatic heterocycles. The Labute approximate surface area is 144 Å². The van der Waals surface area contributed by atoms with Gasteiger partial charge < -0.3 is 9.84 Å². The monoisotopic (exact) mass is 420 g/mol. The first-order chi connectivity index (χ1) is 11.1. The topological polar surface area (TPSA) is 89.4 Å². The normalized spacial score (nSPS) is 10.5. The number of carboxylic acids is 1. The van der Waals surface area contributed by atoms with Crippen LogP contribution in [-0.2, 0) is 0 Å². The molecule has 6 nitrogen and oxygen atoms in total. The molecule has 3 aromatic rings. The number of ether oxygens (including phenoxy) is 1. The van der Waals surface area contributed by atoms with Crippen LogP contribution in [0, 0.1) is 3.70 Å². The van der Waals surface area contributed by atoms with Crippen LogP contribution in [-0.4, -0.2) is 27.0 Å². The lowest BCUT2D eigenvalue weighted by Crippen LogP contribution is -2.14. The molecule has 2 heterocycles. The molecule has 7 heteroatoms. The number of hydrogen-bond acceptors (Lipinski definition) is 5. The second-order valence-electron chi connectivity index (χ2n) is 4.54. The van der Waals surface area contributed by atoms with Gasteiger partial charge in [-0.25, -0.2) is 14.6 Å². The number of carbonyl (C=O) groups is 2. The van der Waals surface area contributed by atoms with Gasteiger partial charge in [0.2, 0.25) is 0 Å². The van der Waals surface area contributed by atoms with Crippen molar-refractivity contribution in [3.63, 3.8) is 0 Å². The van der Waals surface area contributed by atoms with Gasteiger partial charge in [0.15, 0.2) is 11.4 Å². The average Bonchev–Trinajstić information content (AvgIpc) is 2.57. The van der Waals surface area contributed by atoms with Gasteiger partial charge in [0.1, 0.15) is 9.22 Å². The lowest BCUT2D eigenvalue weighted by Gasteiger charge is -2.10. The Morgan fingerprint density at radius 1 is 1.09 bits per heavy atom. The Kier molecular flexibility index (Phi) is 4.20. The number of carbonyl (C=O) groups excluding carboxylic acids is 1. The minimum Gasteiger partial charge on any atom is -0.476 e. The molecule has 0 radical (unpaired) electrons. The molecule has 0 aliphatic heterocycles. The molecule has 1 N–H and O–H groups in total. The fraction of sp³-hybridized carbons (Fsp3) is 0. The number of hydrogen-bond donors (Lipinski definition) is 1. The van der Waals surface area contributed by atoms with E-state index >= 15 is 0 Å². The summed E-state index contributed by atoms with van der Waals surface area (Å²) >= 11 is 1.92. The zero-order valence-corrected chi connectivity index (χ0v) is 13.7. The standard InChI is InChI=1S/C16H9IN2O4/c17-14-10-7-4-8-18-11(10)13(12(19-14)15(20)21)23-16(22)9-5-2-1-3-6-9/h1-8H,(H,20,21). The molecule has 114 valence electrons. The quantitative estimate of drug-likeness (QED) is 0.398. The molecule has 0 unspecified atom stereocenters. The largest absolute Gasteiger partial charge is 0.476 e. The predicted molar refractivity (Wildman–Crippen MR) is 90.6 cm³/mol. The molecular weight excluding hydrogens is 411 g/mol. The number of halogens is 1. The fourth-order valence-electron chi connectivity index (χ4n) is 2.04. The minimum atomic E-state index is -1.29. The molecule has 0 atom stereocenters. The van der Waals surface area contributed by atoms with E-state index < -0.39 is 11.9 Å². The van der Waals surface area contributed by atoms with Gasteiger partial charge in [0.05, 0.1) is 5.56 Å². The Morgan fingerprint density at radius 2 is 1.83 bits per heavy atom. The van der Waals surface area contributed by atoms with Crippen molar-refractivity contribution >= 4 is 45.4 Å². The highest BCUT2D eigenvalue weighted by atomic mass is 127. The maximum Gasteiger partial charge on any atom is 0.358 e. The van der Waals surface area contributed by atoms with E-state index in [1.807, 2.05) is 22.6 Å². The highest BCUT2D eigenvalue weighted by Crippen LogP contribution is 2.30. The van der Waals surface area contributed by atoms with Crippen molar-refractivity contribution in [1.82, 2.24) is 9.97 Å². The molecule has 0 saturated heterocycles. The summed E-state index contributed by atoms with van der Waals surface area (Å²) in [7, 11) is 0. The second kappa shape index (κ2) is 6.29. The first-order valence-electron chi connectivity index (χ1n) is 6.52. The number of aromatic carboxylic acids is 1. The van der Waals surface area contributed by atoms with Gasteiger partial charge in [-0.3, -0.25) is 4.98 Å². The Bertz CT molecular complexity index is 913. The van der Waals surface area contributed by atoms with Crippen LogP contribution >= 0.6 is 22.6 Å². The highest BCUT2D eigenvalue weighted by Gasteiger charge is 2.23. The first-order valence-corrected chi connectivity index (χ1v) is 7.60. The van der Waals surface area contributed by atoms with Crippen molar-refractivity contribution < 1.29 is 19.4 Å². The van der Waals surface area contributed by atoms with Gasteiger partial charge in [-0.15, -0.1) is 0 Å². The van der Waals surface area contributed by atoms with Crippen LogP contribution in [0.4, 0.5) is 0 Å². The van der Waals surface area contributed by atoms with Crippen molar-refractivity contribution in [2.75, 3.05) is 0 Å². The summed E-state index contributed by atoms with van der Waals surface area (Å²) in [5.41, 5.74) is 0.255. The third-order valence-electron chi connectivity index (χ3n) is 3.08. The Balaban J connectivity index is 2.15. The van der Waals surface area contributed by atoms with Crippen molar-refractivity contribution in [2.24, 2.45) is 0 Å². The summed E-state index contributed by atoms with van der Waals surface area (Å²) in [5.74, 6) is -2.10. The Hall–Kier alpha value is -2.55. The van der Waals surface area contributed by atoms with Gasteiger partial charge >= 0.3 is 11.9 Å². The summed E-state index contributed by atoms with van der Waals surface area (Å²) in [6.45, 7) is 0. The van der Waals surface area contributed by atoms with Crippen molar-refractivity contribution in [3.8, 4) is 5.75 Å². The highest BCUT2D eigenvalue weighted by molar-refractivity contribution is 14.1. The maximum atomic E-state index is 12.2. The van der Waals surface area contributed by atoms with Crippen molar-refractivity contribution in [1.29, 1.82) is 0 Å². The molecule has 0 aliphatic rings. The number of rotatable bonds is 3. The zero-order chi connectivity index (χ0) is 16.4. The van der Waals surface area contributed by atoms with Gasteiger partial charge in [-0.1, -0.05) is 18.2 Å². The lowest BCUT2D eigenvalue weighted by molar-refractivity contribution is 0.0675. The summed E-state index contributed by atoms with van der Waals surface area (Å²) in [6, 6.07) is 11.8. The molecule has 1 aromatic carbocycles. The molecular formula is C16H9IN2O4. The summed E-state index contributed by atoms with van der Waals surface area (Å²) in [5, 5.41) is 9.97. The van der Waals surface area contributed by atoms with Crippen LogP contribution in [0.15, 0.2) is 48.7 Å². The van der Waals surface area contributed by atoms with Crippen LogP contribution in [0.25, 0.3) is 10.9 Å². The smallest absolute Gasteiger partial charge is 0.358 e. The van der Waals surface area contributed by atoms with E-state index in [1.54, 1.807) is 42.5 Å². The first kappa shape index (κ1) is 15.3. The van der Waals surface area contributed by atoms with Crippen LogP contribution in [0.1, 0.15) is 20.8 Å². The number of aromatic nitrogens is 2.